The summed E-state index contributed by atoms with van der Waals surface area (Å²) in [5, 5.41) is 18.5. The Balaban J connectivity index is 1.87. The Morgan fingerprint density at radius 2 is 2.15 bits per heavy atom. The second-order valence-electron chi connectivity index (χ2n) is 5.15. The van der Waals surface area contributed by atoms with Gasteiger partial charge in [0.15, 0.2) is 0 Å². The van der Waals surface area contributed by atoms with E-state index in [9.17, 15) is 5.11 Å². The third kappa shape index (κ3) is 3.91. The molecule has 2 rings (SSSR count). The highest BCUT2D eigenvalue weighted by atomic mass is 16.5. The first-order valence-corrected chi connectivity index (χ1v) is 7.36. The maximum absolute atomic E-state index is 9.73. The van der Waals surface area contributed by atoms with E-state index in [0.29, 0.717) is 13.0 Å². The van der Waals surface area contributed by atoms with Gasteiger partial charge < -0.3 is 19.8 Å². The third-order valence-electron chi connectivity index (χ3n) is 3.75. The van der Waals surface area contributed by atoms with Crippen molar-refractivity contribution in [3.8, 4) is 0 Å². The van der Waals surface area contributed by atoms with Crippen molar-refractivity contribution in [1.82, 2.24) is 4.98 Å². The van der Waals surface area contributed by atoms with Crippen LogP contribution in [0.2, 0.25) is 0 Å². The van der Waals surface area contributed by atoms with Gasteiger partial charge in [0.1, 0.15) is 0 Å². The first kappa shape index (κ1) is 15.2. The molecule has 1 aliphatic heterocycles. The van der Waals surface area contributed by atoms with Gasteiger partial charge in [-0.2, -0.15) is 0 Å². The summed E-state index contributed by atoms with van der Waals surface area (Å²) in [6, 6.07) is 3.92. The van der Waals surface area contributed by atoms with Gasteiger partial charge in [-0.25, -0.2) is 0 Å². The van der Waals surface area contributed by atoms with Crippen molar-refractivity contribution in [2.75, 3.05) is 31.2 Å². The molecule has 5 heteroatoms. The molecule has 1 fully saturated rings. The fourth-order valence-corrected chi connectivity index (χ4v) is 2.49. The van der Waals surface area contributed by atoms with Crippen molar-refractivity contribution < 1.29 is 14.9 Å². The van der Waals surface area contributed by atoms with Crippen molar-refractivity contribution in [3.05, 3.63) is 24.0 Å². The number of aromatic nitrogens is 1. The number of piperidine rings is 1. The van der Waals surface area contributed by atoms with Gasteiger partial charge in [0.25, 0.3) is 0 Å². The molecule has 112 valence electrons. The number of anilines is 1. The normalized spacial score (nSPS) is 18.2. The highest BCUT2D eigenvalue weighted by Crippen LogP contribution is 2.22. The number of hydrogen-bond donors (Lipinski definition) is 2. The van der Waals surface area contributed by atoms with Gasteiger partial charge in [-0.3, -0.25) is 4.98 Å². The summed E-state index contributed by atoms with van der Waals surface area (Å²) < 4.78 is 5.56. The van der Waals surface area contributed by atoms with Gasteiger partial charge in [-0.15, -0.1) is 0 Å². The summed E-state index contributed by atoms with van der Waals surface area (Å²) >= 11 is 0. The predicted molar refractivity (Wildman–Crippen MR) is 77.8 cm³/mol. The number of ether oxygens (including phenoxy) is 1. The van der Waals surface area contributed by atoms with Crippen LogP contribution in [0.15, 0.2) is 18.3 Å². The van der Waals surface area contributed by atoms with Crippen LogP contribution in [0, 0.1) is 0 Å². The topological polar surface area (TPSA) is 65.8 Å². The van der Waals surface area contributed by atoms with Crippen LogP contribution in [0.4, 0.5) is 5.69 Å². The molecule has 1 atom stereocenters. The van der Waals surface area contributed by atoms with E-state index in [1.807, 2.05) is 25.3 Å². The average molecular weight is 280 g/mol. The Bertz CT molecular complexity index is 389. The summed E-state index contributed by atoms with van der Waals surface area (Å²) in [5.74, 6) is 0. The fraction of sp³-hybridized carbons (Fsp3) is 0.667. The molecule has 0 aliphatic carbocycles. The van der Waals surface area contributed by atoms with Crippen molar-refractivity contribution in [1.29, 1.82) is 0 Å². The first-order valence-electron chi connectivity index (χ1n) is 7.36. The summed E-state index contributed by atoms with van der Waals surface area (Å²) in [4.78, 5) is 6.62. The summed E-state index contributed by atoms with van der Waals surface area (Å²) in [6.07, 6.45) is 4.25. The molecule has 0 aromatic carbocycles. The quantitative estimate of drug-likeness (QED) is 0.826. The molecule has 1 unspecified atom stereocenters. The summed E-state index contributed by atoms with van der Waals surface area (Å²) in [5.41, 5.74) is 1.83. The minimum absolute atomic E-state index is 0.0886. The molecule has 1 aromatic rings. The van der Waals surface area contributed by atoms with E-state index >= 15 is 0 Å². The lowest BCUT2D eigenvalue weighted by Gasteiger charge is -2.33. The van der Waals surface area contributed by atoms with Crippen LogP contribution in [-0.2, 0) is 4.74 Å². The van der Waals surface area contributed by atoms with Crippen LogP contribution in [0.25, 0.3) is 0 Å². The van der Waals surface area contributed by atoms with E-state index in [1.165, 1.54) is 0 Å². The van der Waals surface area contributed by atoms with Crippen molar-refractivity contribution in [2.45, 2.75) is 38.4 Å². The summed E-state index contributed by atoms with van der Waals surface area (Å²) in [6.45, 7) is 4.33. The molecular formula is C15H24N2O3. The van der Waals surface area contributed by atoms with E-state index in [-0.39, 0.29) is 12.7 Å². The Morgan fingerprint density at radius 3 is 2.70 bits per heavy atom. The number of nitrogens with zero attached hydrogens (tertiary/aromatic N) is 2. The Morgan fingerprint density at radius 1 is 1.40 bits per heavy atom. The Labute approximate surface area is 120 Å². The lowest BCUT2D eigenvalue weighted by molar-refractivity contribution is 0.0159. The number of aliphatic hydroxyl groups is 2. The number of pyridine rings is 1. The monoisotopic (exact) mass is 280 g/mol. The lowest BCUT2D eigenvalue weighted by atomic mass is 10.1. The molecule has 1 aliphatic rings. The molecule has 0 bridgehead atoms. The standard InChI is InChI=1S/C15H24N2O3/c1-2-15(19)14-4-3-12(11-16-14)17-7-5-13(6-8-17)20-10-9-18/h3-4,11,13,15,18-19H,2,5-10H2,1H3. The zero-order valence-electron chi connectivity index (χ0n) is 12.0. The van der Waals surface area contributed by atoms with Gasteiger partial charge in [0.2, 0.25) is 0 Å². The molecule has 2 heterocycles. The molecule has 1 aromatic heterocycles. The van der Waals surface area contributed by atoms with E-state index < -0.39 is 6.10 Å². The number of hydrogen-bond acceptors (Lipinski definition) is 5. The molecule has 0 radical (unpaired) electrons. The smallest absolute Gasteiger partial charge is 0.0957 e. The van der Waals surface area contributed by atoms with Crippen LogP contribution >= 0.6 is 0 Å². The van der Waals surface area contributed by atoms with Crippen molar-refractivity contribution in [3.63, 3.8) is 0 Å². The van der Waals surface area contributed by atoms with Gasteiger partial charge in [0, 0.05) is 13.1 Å². The molecular weight excluding hydrogens is 256 g/mol. The second kappa shape index (κ2) is 7.57. The Hall–Kier alpha value is -1.17. The van der Waals surface area contributed by atoms with Crippen LogP contribution in [0.1, 0.15) is 38.0 Å². The SMILES string of the molecule is CCC(O)c1ccc(N2CCC(OCCO)CC2)cn1. The van der Waals surface area contributed by atoms with Gasteiger partial charge >= 0.3 is 0 Å². The van der Waals surface area contributed by atoms with Crippen LogP contribution < -0.4 is 4.90 Å². The van der Waals surface area contributed by atoms with Gasteiger partial charge in [-0.05, 0) is 31.4 Å². The highest BCUT2D eigenvalue weighted by molar-refractivity contribution is 5.45. The first-order chi connectivity index (χ1) is 9.74. The van der Waals surface area contributed by atoms with E-state index in [1.54, 1.807) is 0 Å². The molecule has 0 saturated carbocycles. The van der Waals surface area contributed by atoms with Crippen molar-refractivity contribution >= 4 is 5.69 Å². The Kier molecular flexibility index (Phi) is 5.76. The molecule has 0 spiro atoms. The number of aliphatic hydroxyl groups excluding tert-OH is 2. The van der Waals surface area contributed by atoms with E-state index in [0.717, 1.165) is 37.3 Å². The molecule has 20 heavy (non-hydrogen) atoms. The fourth-order valence-electron chi connectivity index (χ4n) is 2.49. The molecule has 5 nitrogen and oxygen atoms in total. The second-order valence-corrected chi connectivity index (χ2v) is 5.15. The lowest BCUT2D eigenvalue weighted by Crippen LogP contribution is -2.37. The third-order valence-corrected chi connectivity index (χ3v) is 3.75. The minimum Gasteiger partial charge on any atom is -0.394 e. The maximum atomic E-state index is 9.73. The summed E-state index contributed by atoms with van der Waals surface area (Å²) in [7, 11) is 0. The molecule has 2 N–H and O–H groups in total. The van der Waals surface area contributed by atoms with Crippen LogP contribution in [0.5, 0.6) is 0 Å². The zero-order valence-corrected chi connectivity index (χ0v) is 12.0. The van der Waals surface area contributed by atoms with Gasteiger partial charge in [-0.1, -0.05) is 6.92 Å². The van der Waals surface area contributed by atoms with E-state index in [2.05, 4.69) is 9.88 Å². The van der Waals surface area contributed by atoms with Crippen LogP contribution in [-0.4, -0.2) is 47.6 Å². The minimum atomic E-state index is -0.471. The maximum Gasteiger partial charge on any atom is 0.0957 e. The van der Waals surface area contributed by atoms with Gasteiger partial charge in [0.05, 0.1) is 43.0 Å². The highest BCUT2D eigenvalue weighted by Gasteiger charge is 2.20. The molecule has 0 amide bonds. The average Bonchev–Trinajstić information content (AvgIpc) is 2.53. The largest absolute Gasteiger partial charge is 0.394 e. The van der Waals surface area contributed by atoms with Crippen LogP contribution in [0.3, 0.4) is 0 Å². The zero-order chi connectivity index (χ0) is 14.4. The molecule has 1 saturated heterocycles. The predicted octanol–water partition coefficient (Wildman–Crippen LogP) is 1.50. The van der Waals surface area contributed by atoms with E-state index in [4.69, 9.17) is 9.84 Å². The number of rotatable bonds is 6. The van der Waals surface area contributed by atoms with Crippen molar-refractivity contribution in [2.24, 2.45) is 0 Å².